The molecule has 0 aliphatic rings. The zero-order valence-electron chi connectivity index (χ0n) is 10.4. The van der Waals surface area contributed by atoms with Gasteiger partial charge in [0, 0.05) is 25.1 Å². The van der Waals surface area contributed by atoms with E-state index >= 15 is 0 Å². The second-order valence-electron chi connectivity index (χ2n) is 4.41. The second kappa shape index (κ2) is 5.77. The van der Waals surface area contributed by atoms with Crippen molar-refractivity contribution in [2.24, 2.45) is 11.7 Å². The second-order valence-corrected chi connectivity index (χ2v) is 4.85. The fraction of sp³-hybridized carbons (Fsp3) is 0.385. The molecule has 0 radical (unpaired) electrons. The Hall–Kier alpha value is -1.42. The molecule has 1 amide bonds. The Morgan fingerprint density at radius 3 is 2.65 bits per heavy atom. The quantitative estimate of drug-likeness (QED) is 0.831. The number of thiocarbonyl (C=S) groups is 1. The number of hydrogen-bond donors (Lipinski definition) is 1. The van der Waals surface area contributed by atoms with E-state index < -0.39 is 0 Å². The zero-order chi connectivity index (χ0) is 13.0. The first-order valence-electron chi connectivity index (χ1n) is 5.55. The summed E-state index contributed by atoms with van der Waals surface area (Å²) in [6, 6.07) is 7.66. The van der Waals surface area contributed by atoms with Crippen LogP contribution in [0.3, 0.4) is 0 Å². The highest BCUT2D eigenvalue weighted by molar-refractivity contribution is 7.80. The molecule has 0 bridgehead atoms. The number of benzene rings is 1. The Morgan fingerprint density at radius 1 is 1.47 bits per heavy atom. The van der Waals surface area contributed by atoms with E-state index in [2.05, 4.69) is 0 Å². The highest BCUT2D eigenvalue weighted by atomic mass is 32.1. The van der Waals surface area contributed by atoms with Gasteiger partial charge in [0.1, 0.15) is 4.99 Å². The van der Waals surface area contributed by atoms with E-state index in [1.807, 2.05) is 38.1 Å². The molecule has 0 atom stereocenters. The summed E-state index contributed by atoms with van der Waals surface area (Å²) in [5.74, 6) is 0.143. The van der Waals surface area contributed by atoms with Gasteiger partial charge in [-0.15, -0.1) is 0 Å². The Kier molecular flexibility index (Phi) is 4.63. The standard InChI is InChI=1S/C13H18N2OS/c1-9(2)13(16)15(3)8-10-5-4-6-11(7-10)12(14)17/h4-7,9H,8H2,1-3H3,(H2,14,17). The van der Waals surface area contributed by atoms with Crippen LogP contribution in [0, 0.1) is 5.92 Å². The topological polar surface area (TPSA) is 46.3 Å². The minimum absolute atomic E-state index is 0.0127. The number of carbonyl (C=O) groups is 1. The number of amides is 1. The summed E-state index contributed by atoms with van der Waals surface area (Å²) in [5, 5.41) is 0. The molecule has 92 valence electrons. The maximum absolute atomic E-state index is 11.7. The molecular weight excluding hydrogens is 232 g/mol. The lowest BCUT2D eigenvalue weighted by atomic mass is 10.1. The summed E-state index contributed by atoms with van der Waals surface area (Å²) in [6.45, 7) is 4.36. The average Bonchev–Trinajstić information content (AvgIpc) is 2.28. The van der Waals surface area contributed by atoms with E-state index in [9.17, 15) is 4.79 Å². The third-order valence-corrected chi connectivity index (χ3v) is 2.74. The van der Waals surface area contributed by atoms with Crippen molar-refractivity contribution < 1.29 is 4.79 Å². The SMILES string of the molecule is CC(C)C(=O)N(C)Cc1cccc(C(N)=S)c1. The third-order valence-electron chi connectivity index (χ3n) is 2.50. The van der Waals surface area contributed by atoms with Crippen molar-refractivity contribution in [1.82, 2.24) is 4.90 Å². The van der Waals surface area contributed by atoms with Crippen LogP contribution in [0.1, 0.15) is 25.0 Å². The molecule has 0 saturated carbocycles. The Balaban J connectivity index is 2.78. The van der Waals surface area contributed by atoms with Crippen LogP contribution in [0.5, 0.6) is 0 Å². The largest absolute Gasteiger partial charge is 0.389 e. The van der Waals surface area contributed by atoms with Crippen LogP contribution in [0.4, 0.5) is 0 Å². The van der Waals surface area contributed by atoms with Crippen molar-refractivity contribution >= 4 is 23.1 Å². The van der Waals surface area contributed by atoms with Crippen molar-refractivity contribution in [1.29, 1.82) is 0 Å². The first kappa shape index (κ1) is 13.6. The molecule has 0 unspecified atom stereocenters. The molecule has 1 aromatic carbocycles. The molecule has 0 aromatic heterocycles. The number of nitrogens with zero attached hydrogens (tertiary/aromatic N) is 1. The fourth-order valence-electron chi connectivity index (χ4n) is 1.62. The highest BCUT2D eigenvalue weighted by Crippen LogP contribution is 2.09. The van der Waals surface area contributed by atoms with E-state index in [-0.39, 0.29) is 11.8 Å². The summed E-state index contributed by atoms with van der Waals surface area (Å²) in [7, 11) is 1.80. The Labute approximate surface area is 108 Å². The van der Waals surface area contributed by atoms with Crippen molar-refractivity contribution in [3.8, 4) is 0 Å². The Morgan fingerprint density at radius 2 is 2.12 bits per heavy atom. The summed E-state index contributed by atoms with van der Waals surface area (Å²) in [5.41, 5.74) is 7.44. The molecule has 0 aliphatic carbocycles. The molecule has 0 saturated heterocycles. The van der Waals surface area contributed by atoms with Gasteiger partial charge in [-0.2, -0.15) is 0 Å². The van der Waals surface area contributed by atoms with E-state index in [1.54, 1.807) is 11.9 Å². The van der Waals surface area contributed by atoms with E-state index in [1.165, 1.54) is 0 Å². The van der Waals surface area contributed by atoms with Crippen LogP contribution >= 0.6 is 12.2 Å². The number of carbonyl (C=O) groups excluding carboxylic acids is 1. The predicted octanol–water partition coefficient (Wildman–Crippen LogP) is 1.94. The van der Waals surface area contributed by atoms with Gasteiger partial charge >= 0.3 is 0 Å². The lowest BCUT2D eigenvalue weighted by Gasteiger charge is -2.19. The van der Waals surface area contributed by atoms with Crippen LogP contribution in [-0.2, 0) is 11.3 Å². The molecule has 0 aliphatic heterocycles. The van der Waals surface area contributed by atoms with Gasteiger partial charge in [-0.05, 0) is 11.6 Å². The lowest BCUT2D eigenvalue weighted by molar-refractivity contribution is -0.133. The maximum atomic E-state index is 11.7. The van der Waals surface area contributed by atoms with E-state index in [0.29, 0.717) is 11.5 Å². The smallest absolute Gasteiger partial charge is 0.225 e. The minimum atomic E-state index is 0.0127. The molecule has 0 fully saturated rings. The molecule has 3 nitrogen and oxygen atoms in total. The van der Waals surface area contributed by atoms with Gasteiger partial charge in [-0.3, -0.25) is 4.79 Å². The van der Waals surface area contributed by atoms with Gasteiger partial charge < -0.3 is 10.6 Å². The van der Waals surface area contributed by atoms with Crippen molar-refractivity contribution in [3.63, 3.8) is 0 Å². The normalized spacial score (nSPS) is 10.4. The lowest BCUT2D eigenvalue weighted by Crippen LogP contribution is -2.30. The van der Waals surface area contributed by atoms with Gasteiger partial charge in [-0.1, -0.05) is 44.3 Å². The molecule has 2 N–H and O–H groups in total. The molecule has 4 heteroatoms. The van der Waals surface area contributed by atoms with Gasteiger partial charge in [0.05, 0.1) is 0 Å². The third kappa shape index (κ3) is 3.82. The Bertz CT molecular complexity index is 429. The molecular formula is C13H18N2OS. The van der Waals surface area contributed by atoms with Crippen LogP contribution in [0.2, 0.25) is 0 Å². The maximum Gasteiger partial charge on any atom is 0.225 e. The van der Waals surface area contributed by atoms with Crippen LogP contribution in [0.25, 0.3) is 0 Å². The number of hydrogen-bond acceptors (Lipinski definition) is 2. The zero-order valence-corrected chi connectivity index (χ0v) is 11.3. The van der Waals surface area contributed by atoms with Crippen LogP contribution in [-0.4, -0.2) is 22.8 Å². The van der Waals surface area contributed by atoms with Crippen molar-refractivity contribution in [3.05, 3.63) is 35.4 Å². The first-order chi connectivity index (χ1) is 7.91. The monoisotopic (exact) mass is 250 g/mol. The van der Waals surface area contributed by atoms with Gasteiger partial charge in [-0.25, -0.2) is 0 Å². The van der Waals surface area contributed by atoms with Crippen LogP contribution < -0.4 is 5.73 Å². The summed E-state index contributed by atoms with van der Waals surface area (Å²) < 4.78 is 0. The van der Waals surface area contributed by atoms with E-state index in [0.717, 1.165) is 11.1 Å². The van der Waals surface area contributed by atoms with Gasteiger partial charge in [0.15, 0.2) is 0 Å². The predicted molar refractivity (Wildman–Crippen MR) is 73.6 cm³/mol. The fourth-order valence-corrected chi connectivity index (χ4v) is 1.74. The highest BCUT2D eigenvalue weighted by Gasteiger charge is 2.13. The summed E-state index contributed by atoms with van der Waals surface area (Å²) in [4.78, 5) is 13.8. The minimum Gasteiger partial charge on any atom is -0.389 e. The van der Waals surface area contributed by atoms with Crippen molar-refractivity contribution in [2.45, 2.75) is 20.4 Å². The average molecular weight is 250 g/mol. The molecule has 17 heavy (non-hydrogen) atoms. The molecule has 1 rings (SSSR count). The van der Waals surface area contributed by atoms with E-state index in [4.69, 9.17) is 18.0 Å². The molecule has 0 heterocycles. The van der Waals surface area contributed by atoms with Crippen molar-refractivity contribution in [2.75, 3.05) is 7.05 Å². The van der Waals surface area contributed by atoms with Gasteiger partial charge in [0.25, 0.3) is 0 Å². The summed E-state index contributed by atoms with van der Waals surface area (Å²) >= 11 is 4.93. The number of rotatable bonds is 4. The number of nitrogens with two attached hydrogens (primary N) is 1. The van der Waals surface area contributed by atoms with Gasteiger partial charge in [0.2, 0.25) is 5.91 Å². The molecule has 0 spiro atoms. The summed E-state index contributed by atoms with van der Waals surface area (Å²) in [6.07, 6.45) is 0. The molecule has 1 aromatic rings. The first-order valence-corrected chi connectivity index (χ1v) is 5.96. The van der Waals surface area contributed by atoms with Crippen LogP contribution in [0.15, 0.2) is 24.3 Å².